The summed E-state index contributed by atoms with van der Waals surface area (Å²) in [6.45, 7) is 1.10. The average Bonchev–Trinajstić information content (AvgIpc) is 3.02. The molecule has 0 unspecified atom stereocenters. The van der Waals surface area contributed by atoms with Crippen molar-refractivity contribution in [2.24, 2.45) is 0 Å². The lowest BCUT2D eigenvalue weighted by molar-refractivity contribution is -0.145. The van der Waals surface area contributed by atoms with E-state index in [0.29, 0.717) is 23.0 Å². The molecule has 3 rings (SSSR count). The summed E-state index contributed by atoms with van der Waals surface area (Å²) in [6, 6.07) is 10.0. The number of amides is 3. The zero-order valence-corrected chi connectivity index (χ0v) is 22.1. The van der Waals surface area contributed by atoms with Gasteiger partial charge in [-0.25, -0.2) is 4.79 Å². The monoisotopic (exact) mass is 634 g/mol. The van der Waals surface area contributed by atoms with Gasteiger partial charge in [0.2, 0.25) is 5.91 Å². The lowest BCUT2D eigenvalue weighted by atomic mass is 10.2. The molecule has 0 atom stereocenters. The zero-order chi connectivity index (χ0) is 24.8. The molecule has 0 aromatic heterocycles. The molecule has 8 nitrogen and oxygen atoms in total. The van der Waals surface area contributed by atoms with Crippen LogP contribution in [0.3, 0.4) is 0 Å². The minimum Gasteiger partial charge on any atom is -0.479 e. The average molecular weight is 635 g/mol. The van der Waals surface area contributed by atoms with Gasteiger partial charge in [0.15, 0.2) is 12.4 Å². The van der Waals surface area contributed by atoms with Crippen LogP contribution in [0.5, 0.6) is 5.75 Å². The highest BCUT2D eigenvalue weighted by molar-refractivity contribution is 14.1. The third-order valence-corrected chi connectivity index (χ3v) is 6.45. The van der Waals surface area contributed by atoms with Crippen LogP contribution in [-0.2, 0) is 19.1 Å². The Kier molecular flexibility index (Phi) is 9.23. The predicted molar refractivity (Wildman–Crippen MR) is 139 cm³/mol. The van der Waals surface area contributed by atoms with Crippen molar-refractivity contribution in [3.8, 4) is 5.75 Å². The van der Waals surface area contributed by atoms with E-state index >= 15 is 0 Å². The first-order chi connectivity index (χ1) is 16.2. The van der Waals surface area contributed by atoms with E-state index in [1.54, 1.807) is 19.1 Å². The van der Waals surface area contributed by atoms with Crippen molar-refractivity contribution in [1.29, 1.82) is 0 Å². The Hall–Kier alpha value is -2.28. The van der Waals surface area contributed by atoms with Crippen LogP contribution < -0.4 is 10.1 Å². The maximum atomic E-state index is 12.7. The number of nitrogens with one attached hydrogen (secondary N) is 1. The predicted octanol–water partition coefficient (Wildman–Crippen LogP) is 5.21. The summed E-state index contributed by atoms with van der Waals surface area (Å²) in [5.41, 5.74) is 0.995. The number of esters is 1. The van der Waals surface area contributed by atoms with Crippen LogP contribution in [0.4, 0.5) is 10.5 Å². The fraction of sp³-hybridized carbons (Fsp3) is 0.182. The Morgan fingerprint density at radius 1 is 1.15 bits per heavy atom. The summed E-state index contributed by atoms with van der Waals surface area (Å²) in [5.74, 6) is -1.59. The van der Waals surface area contributed by atoms with Crippen LogP contribution in [0, 0.1) is 3.57 Å². The molecule has 1 saturated heterocycles. The van der Waals surface area contributed by atoms with Crippen LogP contribution >= 0.6 is 57.6 Å². The number of carbonyl (C=O) groups excluding carboxylic acids is 4. The first-order valence-corrected chi connectivity index (χ1v) is 12.4. The smallest absolute Gasteiger partial charge is 0.344 e. The van der Waals surface area contributed by atoms with Crippen LogP contribution in [0.15, 0.2) is 41.3 Å². The number of ether oxygens (including phenoxy) is 2. The molecule has 1 heterocycles. The highest BCUT2D eigenvalue weighted by Gasteiger charge is 2.36. The van der Waals surface area contributed by atoms with E-state index < -0.39 is 29.6 Å². The minimum absolute atomic E-state index is 0.0916. The number of imide groups is 1. The topological polar surface area (TPSA) is 102 Å². The number of hydrogen-bond acceptors (Lipinski definition) is 7. The molecule has 0 radical (unpaired) electrons. The van der Waals surface area contributed by atoms with Crippen LogP contribution in [0.25, 0.3) is 6.08 Å². The normalized spacial score (nSPS) is 14.5. The van der Waals surface area contributed by atoms with Crippen molar-refractivity contribution >= 4 is 92.3 Å². The molecule has 12 heteroatoms. The molecule has 2 aromatic carbocycles. The summed E-state index contributed by atoms with van der Waals surface area (Å²) in [4.78, 5) is 49.8. The summed E-state index contributed by atoms with van der Waals surface area (Å²) in [5, 5.41) is 2.30. The Bertz CT molecular complexity index is 1150. The highest BCUT2D eigenvalue weighted by atomic mass is 127. The highest BCUT2D eigenvalue weighted by Crippen LogP contribution is 2.37. The van der Waals surface area contributed by atoms with Gasteiger partial charge in [-0.3, -0.25) is 19.3 Å². The van der Waals surface area contributed by atoms with E-state index in [1.807, 2.05) is 12.1 Å². The second-order valence-electron chi connectivity index (χ2n) is 6.73. The van der Waals surface area contributed by atoms with Crippen molar-refractivity contribution in [2.75, 3.05) is 25.1 Å². The molecule has 0 aliphatic carbocycles. The lowest BCUT2D eigenvalue weighted by Gasteiger charge is -2.12. The second kappa shape index (κ2) is 11.9. The van der Waals surface area contributed by atoms with Gasteiger partial charge in [0.05, 0.1) is 21.6 Å². The van der Waals surface area contributed by atoms with Crippen LogP contribution in [-0.4, -0.2) is 47.7 Å². The molecule has 1 fully saturated rings. The molecule has 2 aromatic rings. The molecule has 1 aliphatic heterocycles. The Morgan fingerprint density at radius 3 is 2.41 bits per heavy atom. The summed E-state index contributed by atoms with van der Waals surface area (Å²) in [7, 11) is 0. The number of carbonyl (C=O) groups is 4. The number of thioether (sulfide) groups is 1. The number of nitrogens with zero attached hydrogens (tertiary/aromatic N) is 1. The maximum absolute atomic E-state index is 12.7. The molecule has 1 aliphatic rings. The first kappa shape index (κ1) is 26.3. The van der Waals surface area contributed by atoms with Crippen molar-refractivity contribution in [3.63, 3.8) is 0 Å². The molecule has 0 bridgehead atoms. The van der Waals surface area contributed by atoms with E-state index in [9.17, 15) is 19.2 Å². The molecule has 0 spiro atoms. The number of hydrogen-bond donors (Lipinski definition) is 1. The van der Waals surface area contributed by atoms with Gasteiger partial charge in [-0.1, -0.05) is 23.2 Å². The van der Waals surface area contributed by atoms with Crippen LogP contribution in [0.2, 0.25) is 10.0 Å². The SMILES string of the molecule is CCOC(=O)COc1c(Cl)cc(/C=C2\SC(=O)N(CC(=O)Nc3ccc(I)cc3)C2=O)cc1Cl. The number of halogens is 3. The molecular formula is C22H17Cl2IN2O6S. The quantitative estimate of drug-likeness (QED) is 0.241. The number of anilines is 1. The second-order valence-corrected chi connectivity index (χ2v) is 9.78. The zero-order valence-electron chi connectivity index (χ0n) is 17.6. The molecule has 34 heavy (non-hydrogen) atoms. The van der Waals surface area contributed by atoms with E-state index in [-0.39, 0.29) is 33.9 Å². The molecule has 3 amide bonds. The van der Waals surface area contributed by atoms with Crippen molar-refractivity contribution in [3.05, 3.63) is 60.5 Å². The van der Waals surface area contributed by atoms with Gasteiger partial charge in [-0.05, 0) is 89.3 Å². The van der Waals surface area contributed by atoms with Crippen molar-refractivity contribution < 1.29 is 28.7 Å². The molecule has 1 N–H and O–H groups in total. The van der Waals surface area contributed by atoms with Crippen molar-refractivity contribution in [2.45, 2.75) is 6.92 Å². The molecule has 0 saturated carbocycles. The van der Waals surface area contributed by atoms with Gasteiger partial charge in [0, 0.05) is 9.26 Å². The van der Waals surface area contributed by atoms with Gasteiger partial charge in [-0.2, -0.15) is 0 Å². The Morgan fingerprint density at radius 2 is 1.79 bits per heavy atom. The maximum Gasteiger partial charge on any atom is 0.344 e. The number of rotatable bonds is 8. The fourth-order valence-corrected chi connectivity index (χ4v) is 4.61. The summed E-state index contributed by atoms with van der Waals surface area (Å²) < 4.78 is 11.1. The van der Waals surface area contributed by atoms with Gasteiger partial charge in [0.25, 0.3) is 11.1 Å². The minimum atomic E-state index is -0.609. The van der Waals surface area contributed by atoms with Gasteiger partial charge >= 0.3 is 5.97 Å². The summed E-state index contributed by atoms with van der Waals surface area (Å²) >= 11 is 15.3. The third-order valence-electron chi connectivity index (χ3n) is 4.26. The van der Waals surface area contributed by atoms with Gasteiger partial charge in [-0.15, -0.1) is 0 Å². The van der Waals surface area contributed by atoms with Gasteiger partial charge < -0.3 is 14.8 Å². The van der Waals surface area contributed by atoms with E-state index in [2.05, 4.69) is 27.9 Å². The Balaban J connectivity index is 1.68. The summed E-state index contributed by atoms with van der Waals surface area (Å²) in [6.07, 6.45) is 1.44. The first-order valence-electron chi connectivity index (χ1n) is 9.76. The van der Waals surface area contributed by atoms with Gasteiger partial charge in [0.1, 0.15) is 6.54 Å². The van der Waals surface area contributed by atoms with E-state index in [0.717, 1.165) is 8.47 Å². The third kappa shape index (κ3) is 6.87. The van der Waals surface area contributed by atoms with E-state index in [1.165, 1.54) is 18.2 Å². The molecule has 178 valence electrons. The largest absolute Gasteiger partial charge is 0.479 e. The van der Waals surface area contributed by atoms with E-state index in [4.69, 9.17) is 32.7 Å². The standard InChI is InChI=1S/C22H17Cl2IN2O6S/c1-2-32-19(29)11-33-20-15(23)7-12(8-16(20)24)9-17-21(30)27(22(31)34-17)10-18(28)26-14-5-3-13(25)4-6-14/h3-9H,2,10-11H2,1H3,(H,26,28)/b17-9-. The number of benzene rings is 2. The molecular weight excluding hydrogens is 618 g/mol. The fourth-order valence-electron chi connectivity index (χ4n) is 2.80. The lowest BCUT2D eigenvalue weighted by Crippen LogP contribution is -2.36. The Labute approximate surface area is 223 Å². The van der Waals surface area contributed by atoms with Crippen LogP contribution in [0.1, 0.15) is 12.5 Å². The van der Waals surface area contributed by atoms with Crippen molar-refractivity contribution in [1.82, 2.24) is 4.90 Å².